The van der Waals surface area contributed by atoms with E-state index in [-0.39, 0.29) is 12.5 Å². The first-order chi connectivity index (χ1) is 13.4. The summed E-state index contributed by atoms with van der Waals surface area (Å²) in [6.07, 6.45) is 0.865. The number of amides is 1. The van der Waals surface area contributed by atoms with Crippen LogP contribution in [0.5, 0.6) is 5.75 Å². The molecule has 2 aromatic carbocycles. The summed E-state index contributed by atoms with van der Waals surface area (Å²) < 4.78 is 5.87. The number of hydrogen-bond donors (Lipinski definition) is 1. The summed E-state index contributed by atoms with van der Waals surface area (Å²) in [7, 11) is 4.00. The number of carbonyl (C=O) groups is 2. The third kappa shape index (κ3) is 6.87. The van der Waals surface area contributed by atoms with Crippen LogP contribution in [-0.4, -0.2) is 60.6 Å². The van der Waals surface area contributed by atoms with E-state index in [2.05, 4.69) is 4.90 Å². The first kappa shape index (κ1) is 21.7. The van der Waals surface area contributed by atoms with Crippen molar-refractivity contribution in [3.63, 3.8) is 0 Å². The molecule has 0 saturated carbocycles. The van der Waals surface area contributed by atoms with Gasteiger partial charge in [-0.3, -0.25) is 9.59 Å². The molecule has 1 amide bonds. The number of carboxylic acid groups (broad SMARTS) is 1. The number of carbonyl (C=O) groups excluding carboxylic acids is 1. The van der Waals surface area contributed by atoms with Gasteiger partial charge in [-0.25, -0.2) is 0 Å². The van der Waals surface area contributed by atoms with Crippen molar-refractivity contribution in [1.29, 1.82) is 0 Å². The van der Waals surface area contributed by atoms with Crippen molar-refractivity contribution < 1.29 is 19.4 Å². The molecule has 6 nitrogen and oxygen atoms in total. The topological polar surface area (TPSA) is 70.1 Å². The third-order valence-electron chi connectivity index (χ3n) is 4.05. The van der Waals surface area contributed by atoms with Crippen LogP contribution in [0.15, 0.2) is 48.5 Å². The van der Waals surface area contributed by atoms with E-state index in [1.807, 2.05) is 38.4 Å². The summed E-state index contributed by atoms with van der Waals surface area (Å²) >= 11 is 5.87. The average molecular weight is 405 g/mol. The largest absolute Gasteiger partial charge is 0.493 e. The van der Waals surface area contributed by atoms with Crippen molar-refractivity contribution >= 4 is 23.5 Å². The highest BCUT2D eigenvalue weighted by Gasteiger charge is 2.20. The smallest absolute Gasteiger partial charge is 0.323 e. The molecule has 2 rings (SSSR count). The van der Waals surface area contributed by atoms with E-state index in [1.54, 1.807) is 24.3 Å². The normalized spacial score (nSPS) is 10.7. The van der Waals surface area contributed by atoms with Gasteiger partial charge in [-0.2, -0.15) is 0 Å². The van der Waals surface area contributed by atoms with E-state index in [0.29, 0.717) is 22.9 Å². The predicted molar refractivity (Wildman–Crippen MR) is 109 cm³/mol. The zero-order valence-electron chi connectivity index (χ0n) is 16.1. The summed E-state index contributed by atoms with van der Waals surface area (Å²) in [6, 6.07) is 13.8. The summed E-state index contributed by atoms with van der Waals surface area (Å²) in [5.41, 5.74) is 1.14. The van der Waals surface area contributed by atoms with Gasteiger partial charge in [0, 0.05) is 22.7 Å². The Labute approximate surface area is 170 Å². The number of aliphatic carboxylic acids is 1. The highest BCUT2D eigenvalue weighted by atomic mass is 35.5. The van der Waals surface area contributed by atoms with Crippen molar-refractivity contribution in [3.05, 3.63) is 64.7 Å². The first-order valence-electron chi connectivity index (χ1n) is 8.99. The standard InChI is InChI=1S/C21H25ClN2O4/c1-23(2)12-5-13-28-19-7-4-3-6-17(19)14-24(15-20(25)26)21(27)16-8-10-18(22)11-9-16/h3-4,6-11H,5,12-15H2,1-2H3,(H,25,26). The quantitative estimate of drug-likeness (QED) is 0.614. The Kier molecular flexibility index (Phi) is 8.29. The Bertz CT molecular complexity index is 793. The van der Waals surface area contributed by atoms with Gasteiger partial charge in [0.15, 0.2) is 0 Å². The number of hydrogen-bond acceptors (Lipinski definition) is 4. The lowest BCUT2D eigenvalue weighted by molar-refractivity contribution is -0.137. The van der Waals surface area contributed by atoms with Crippen molar-refractivity contribution in [1.82, 2.24) is 9.80 Å². The van der Waals surface area contributed by atoms with Crippen molar-refractivity contribution in [2.45, 2.75) is 13.0 Å². The van der Waals surface area contributed by atoms with Crippen LogP contribution in [-0.2, 0) is 11.3 Å². The SMILES string of the molecule is CN(C)CCCOc1ccccc1CN(CC(=O)O)C(=O)c1ccc(Cl)cc1. The molecule has 150 valence electrons. The van der Waals surface area contributed by atoms with Crippen LogP contribution >= 0.6 is 11.6 Å². The zero-order chi connectivity index (χ0) is 20.5. The van der Waals surface area contributed by atoms with Crippen LogP contribution in [0, 0.1) is 0 Å². The minimum absolute atomic E-state index is 0.137. The second-order valence-corrected chi connectivity index (χ2v) is 7.11. The van der Waals surface area contributed by atoms with E-state index in [4.69, 9.17) is 16.3 Å². The van der Waals surface area contributed by atoms with Crippen molar-refractivity contribution in [2.75, 3.05) is 33.8 Å². The summed E-state index contributed by atoms with van der Waals surface area (Å²) in [4.78, 5) is 27.5. The van der Waals surface area contributed by atoms with Gasteiger partial charge in [-0.15, -0.1) is 0 Å². The monoisotopic (exact) mass is 404 g/mol. The van der Waals surface area contributed by atoms with Crippen LogP contribution in [0.25, 0.3) is 0 Å². The molecule has 0 unspecified atom stereocenters. The average Bonchev–Trinajstić information content (AvgIpc) is 2.65. The molecule has 0 saturated heterocycles. The Balaban J connectivity index is 2.14. The molecule has 0 aliphatic carbocycles. The second kappa shape index (κ2) is 10.7. The van der Waals surface area contributed by atoms with Crippen LogP contribution in [0.1, 0.15) is 22.3 Å². The van der Waals surface area contributed by atoms with Gasteiger partial charge in [0.1, 0.15) is 12.3 Å². The number of rotatable bonds is 10. The molecule has 0 bridgehead atoms. The van der Waals surface area contributed by atoms with Crippen LogP contribution in [0.3, 0.4) is 0 Å². The van der Waals surface area contributed by atoms with E-state index in [1.165, 1.54) is 4.90 Å². The molecule has 28 heavy (non-hydrogen) atoms. The van der Waals surface area contributed by atoms with E-state index < -0.39 is 12.5 Å². The molecule has 0 heterocycles. The highest BCUT2D eigenvalue weighted by molar-refractivity contribution is 6.30. The Morgan fingerprint density at radius 1 is 1.07 bits per heavy atom. The first-order valence-corrected chi connectivity index (χ1v) is 9.36. The molecule has 0 aliphatic rings. The maximum absolute atomic E-state index is 12.8. The van der Waals surface area contributed by atoms with Gasteiger partial charge >= 0.3 is 5.97 Å². The molecule has 2 aromatic rings. The number of halogens is 1. The summed E-state index contributed by atoms with van der Waals surface area (Å²) in [5, 5.41) is 9.76. The molecule has 0 aromatic heterocycles. The number of ether oxygens (including phenoxy) is 1. The number of nitrogens with zero attached hydrogens (tertiary/aromatic N) is 2. The molecule has 0 spiro atoms. The fourth-order valence-electron chi connectivity index (χ4n) is 2.68. The Morgan fingerprint density at radius 3 is 2.39 bits per heavy atom. The lowest BCUT2D eigenvalue weighted by Crippen LogP contribution is -2.35. The number of para-hydroxylation sites is 1. The minimum atomic E-state index is -1.08. The molecule has 1 N–H and O–H groups in total. The van der Waals surface area contributed by atoms with Crippen molar-refractivity contribution in [3.8, 4) is 5.75 Å². The molecule has 0 aliphatic heterocycles. The summed E-state index contributed by atoms with van der Waals surface area (Å²) in [6.45, 7) is 1.18. The van der Waals surface area contributed by atoms with Gasteiger partial charge in [0.05, 0.1) is 13.2 Å². The lowest BCUT2D eigenvalue weighted by Gasteiger charge is -2.22. The van der Waals surface area contributed by atoms with Gasteiger partial charge in [0.2, 0.25) is 0 Å². The van der Waals surface area contributed by atoms with E-state index in [0.717, 1.165) is 18.5 Å². The number of carboxylic acids is 1. The van der Waals surface area contributed by atoms with E-state index >= 15 is 0 Å². The molecule has 7 heteroatoms. The highest BCUT2D eigenvalue weighted by Crippen LogP contribution is 2.21. The van der Waals surface area contributed by atoms with Gasteiger partial charge < -0.3 is 19.6 Å². The fourth-order valence-corrected chi connectivity index (χ4v) is 2.81. The fraction of sp³-hybridized carbons (Fsp3) is 0.333. The van der Waals surface area contributed by atoms with Crippen LogP contribution in [0.2, 0.25) is 5.02 Å². The van der Waals surface area contributed by atoms with Gasteiger partial charge in [-0.05, 0) is 50.8 Å². The van der Waals surface area contributed by atoms with Crippen LogP contribution < -0.4 is 4.74 Å². The summed E-state index contributed by atoms with van der Waals surface area (Å²) in [5.74, 6) is -0.797. The number of benzene rings is 2. The Morgan fingerprint density at radius 2 is 1.75 bits per heavy atom. The molecule has 0 atom stereocenters. The third-order valence-corrected chi connectivity index (χ3v) is 4.30. The maximum atomic E-state index is 12.8. The van der Waals surface area contributed by atoms with E-state index in [9.17, 15) is 14.7 Å². The molecular weight excluding hydrogens is 380 g/mol. The predicted octanol–water partition coefficient (Wildman–Crippen LogP) is 3.40. The lowest BCUT2D eigenvalue weighted by atomic mass is 10.1. The molecule has 0 fully saturated rings. The molecule has 0 radical (unpaired) electrons. The maximum Gasteiger partial charge on any atom is 0.323 e. The van der Waals surface area contributed by atoms with Gasteiger partial charge in [-0.1, -0.05) is 29.8 Å². The van der Waals surface area contributed by atoms with Crippen LogP contribution in [0.4, 0.5) is 0 Å². The minimum Gasteiger partial charge on any atom is -0.493 e. The van der Waals surface area contributed by atoms with Crippen molar-refractivity contribution in [2.24, 2.45) is 0 Å². The Hall–Kier alpha value is -2.57. The molecular formula is C21H25ClN2O4. The zero-order valence-corrected chi connectivity index (χ0v) is 16.9. The van der Waals surface area contributed by atoms with Gasteiger partial charge in [0.25, 0.3) is 5.91 Å². The second-order valence-electron chi connectivity index (χ2n) is 6.67.